The van der Waals surface area contributed by atoms with E-state index in [2.05, 4.69) is 0 Å². The van der Waals surface area contributed by atoms with Gasteiger partial charge in [-0.15, -0.1) is 46.4 Å². The number of rotatable bonds is 0. The van der Waals surface area contributed by atoms with E-state index in [-0.39, 0.29) is 16.5 Å². The van der Waals surface area contributed by atoms with Gasteiger partial charge in [0.25, 0.3) is 0 Å². The van der Waals surface area contributed by atoms with Crippen LogP contribution in [0.4, 0.5) is 0 Å². The summed E-state index contributed by atoms with van der Waals surface area (Å²) in [6.45, 7) is 3.06. The molecular formula is C5H10Cl4O. The zero-order valence-corrected chi connectivity index (χ0v) is 8.86. The van der Waals surface area contributed by atoms with E-state index in [1.165, 1.54) is 13.8 Å². The van der Waals surface area contributed by atoms with Crippen molar-refractivity contribution < 1.29 is 4.79 Å². The van der Waals surface area contributed by atoms with Gasteiger partial charge in [-0.3, -0.25) is 0 Å². The van der Waals surface area contributed by atoms with E-state index in [4.69, 9.17) is 46.4 Å². The van der Waals surface area contributed by atoms with Gasteiger partial charge in [0, 0.05) is 0 Å². The normalized spacial score (nSPS) is 6.20. The van der Waals surface area contributed by atoms with Crippen molar-refractivity contribution in [2.45, 2.75) is 13.8 Å². The van der Waals surface area contributed by atoms with Crippen molar-refractivity contribution in [3.63, 3.8) is 0 Å². The van der Waals surface area contributed by atoms with Crippen LogP contribution in [0.2, 0.25) is 0 Å². The lowest BCUT2D eigenvalue weighted by molar-refractivity contribution is -0.114. The Balaban J connectivity index is -0.0000000750. The summed E-state index contributed by atoms with van der Waals surface area (Å²) in [5, 5.41) is 0.389. The third-order valence-corrected chi connectivity index (χ3v) is 0. The maximum absolute atomic E-state index is 9.44. The fourth-order valence-electron chi connectivity index (χ4n) is 0. The summed E-state index contributed by atoms with van der Waals surface area (Å²) in [6.07, 6.45) is 0. The highest BCUT2D eigenvalue weighted by atomic mass is 35.5. The molecule has 0 atom stereocenters. The lowest BCUT2D eigenvalue weighted by atomic mass is 10.6. The molecule has 0 aliphatic carbocycles. The Morgan fingerprint density at radius 1 is 1.00 bits per heavy atom. The molecule has 10 heavy (non-hydrogen) atoms. The van der Waals surface area contributed by atoms with E-state index >= 15 is 0 Å². The van der Waals surface area contributed by atoms with Gasteiger partial charge in [-0.05, 0) is 13.8 Å². The SMILES string of the molecule is CC(C)=O.ClCCl.ClCCl. The molecule has 0 fully saturated rings. The van der Waals surface area contributed by atoms with Crippen LogP contribution in [-0.4, -0.2) is 16.5 Å². The highest BCUT2D eigenvalue weighted by molar-refractivity contribution is 6.40. The molecule has 0 saturated carbocycles. The minimum absolute atomic E-state index is 0.167. The summed E-state index contributed by atoms with van der Waals surface area (Å²) in [5.41, 5.74) is 0. The number of carbonyl (C=O) groups is 1. The minimum atomic E-state index is 0.167. The molecule has 0 aliphatic heterocycles. The van der Waals surface area contributed by atoms with Gasteiger partial charge in [0.05, 0.1) is 10.7 Å². The summed E-state index contributed by atoms with van der Waals surface area (Å²) in [7, 11) is 0. The maximum Gasteiger partial charge on any atom is 0.126 e. The van der Waals surface area contributed by atoms with E-state index in [1.807, 2.05) is 0 Å². The van der Waals surface area contributed by atoms with Crippen molar-refractivity contribution >= 4 is 52.2 Å². The number of carbonyl (C=O) groups excluding carboxylic acids is 1. The Morgan fingerprint density at radius 2 is 1.00 bits per heavy atom. The minimum Gasteiger partial charge on any atom is -0.300 e. The molecule has 0 amide bonds. The molecule has 0 aromatic heterocycles. The van der Waals surface area contributed by atoms with Gasteiger partial charge in [0.1, 0.15) is 5.78 Å². The molecule has 5 heteroatoms. The molecular weight excluding hydrogens is 218 g/mol. The van der Waals surface area contributed by atoms with Crippen molar-refractivity contribution in [3.05, 3.63) is 0 Å². The number of halogens is 4. The fourth-order valence-corrected chi connectivity index (χ4v) is 0. The van der Waals surface area contributed by atoms with Crippen molar-refractivity contribution in [1.29, 1.82) is 0 Å². The number of ketones is 1. The third-order valence-electron chi connectivity index (χ3n) is 0. The smallest absolute Gasteiger partial charge is 0.126 e. The molecule has 0 rings (SSSR count). The predicted octanol–water partition coefficient (Wildman–Crippen LogP) is 3.44. The van der Waals surface area contributed by atoms with Gasteiger partial charge in [-0.25, -0.2) is 0 Å². The van der Waals surface area contributed by atoms with Crippen LogP contribution in [0.5, 0.6) is 0 Å². The first-order chi connectivity index (χ1) is 4.56. The summed E-state index contributed by atoms with van der Waals surface area (Å²) in [5.74, 6) is 0.167. The van der Waals surface area contributed by atoms with Crippen LogP contribution in [0.3, 0.4) is 0 Å². The van der Waals surface area contributed by atoms with Crippen LogP contribution >= 0.6 is 46.4 Å². The van der Waals surface area contributed by atoms with Gasteiger partial charge in [-0.1, -0.05) is 0 Å². The first kappa shape index (κ1) is 17.1. The summed E-state index contributed by atoms with van der Waals surface area (Å²) in [4.78, 5) is 9.44. The van der Waals surface area contributed by atoms with Crippen molar-refractivity contribution in [3.8, 4) is 0 Å². The molecule has 1 nitrogen and oxygen atoms in total. The molecule has 0 unspecified atom stereocenters. The molecule has 0 aromatic rings. The third kappa shape index (κ3) is 786. The molecule has 0 radical (unpaired) electrons. The first-order valence-electron chi connectivity index (χ1n) is 2.27. The van der Waals surface area contributed by atoms with E-state index in [0.717, 1.165) is 0 Å². The molecule has 0 aromatic carbocycles. The Labute approximate surface area is 81.6 Å². The number of alkyl halides is 4. The second-order valence-corrected chi connectivity index (χ2v) is 2.73. The number of Topliss-reactive ketones (excluding diaryl/α,β-unsaturated/α-hetero) is 1. The van der Waals surface area contributed by atoms with Gasteiger partial charge >= 0.3 is 0 Å². The van der Waals surface area contributed by atoms with Crippen molar-refractivity contribution in [2.24, 2.45) is 0 Å². The van der Waals surface area contributed by atoms with E-state index < -0.39 is 0 Å². The van der Waals surface area contributed by atoms with Gasteiger partial charge in [0.2, 0.25) is 0 Å². The Hall–Kier alpha value is 0.830. The molecule has 0 heterocycles. The van der Waals surface area contributed by atoms with E-state index in [9.17, 15) is 4.79 Å². The highest BCUT2D eigenvalue weighted by Crippen LogP contribution is 1.73. The lowest BCUT2D eigenvalue weighted by Crippen LogP contribution is -1.69. The standard InChI is InChI=1S/C3H6O.2CH2Cl2/c1-3(2)4;2*2-1-3/h1-2H3;2*1H2. The Morgan fingerprint density at radius 3 is 1.00 bits per heavy atom. The lowest BCUT2D eigenvalue weighted by Gasteiger charge is -1.56. The van der Waals surface area contributed by atoms with Crippen LogP contribution < -0.4 is 0 Å². The monoisotopic (exact) mass is 226 g/mol. The second kappa shape index (κ2) is 22.5. The van der Waals surface area contributed by atoms with Crippen LogP contribution in [-0.2, 0) is 4.79 Å². The zero-order chi connectivity index (χ0) is 8.99. The summed E-state index contributed by atoms with van der Waals surface area (Å²) >= 11 is 19.1. The van der Waals surface area contributed by atoms with E-state index in [1.54, 1.807) is 0 Å². The quantitative estimate of drug-likeness (QED) is 0.580. The number of hydrogen-bond acceptors (Lipinski definition) is 1. The van der Waals surface area contributed by atoms with E-state index in [0.29, 0.717) is 0 Å². The highest BCUT2D eigenvalue weighted by Gasteiger charge is 1.62. The van der Waals surface area contributed by atoms with Gasteiger partial charge < -0.3 is 4.79 Å². The first-order valence-corrected chi connectivity index (χ1v) is 4.41. The Kier molecular flexibility index (Phi) is 38.5. The summed E-state index contributed by atoms with van der Waals surface area (Å²) in [6, 6.07) is 0. The van der Waals surface area contributed by atoms with Gasteiger partial charge in [-0.2, -0.15) is 0 Å². The maximum atomic E-state index is 9.44. The average Bonchev–Trinajstić information content (AvgIpc) is 1.65. The van der Waals surface area contributed by atoms with Crippen molar-refractivity contribution in [2.75, 3.05) is 10.7 Å². The van der Waals surface area contributed by atoms with Crippen LogP contribution in [0.15, 0.2) is 0 Å². The zero-order valence-electron chi connectivity index (χ0n) is 5.83. The molecule has 0 N–H and O–H groups in total. The number of hydrogen-bond donors (Lipinski definition) is 0. The topological polar surface area (TPSA) is 17.1 Å². The molecule has 64 valence electrons. The summed E-state index contributed by atoms with van der Waals surface area (Å²) < 4.78 is 0. The van der Waals surface area contributed by atoms with Crippen molar-refractivity contribution in [1.82, 2.24) is 0 Å². The second-order valence-electron chi connectivity index (χ2n) is 1.11. The van der Waals surface area contributed by atoms with Crippen LogP contribution in [0.25, 0.3) is 0 Å². The fraction of sp³-hybridized carbons (Fsp3) is 0.800. The molecule has 0 spiro atoms. The molecule has 0 saturated heterocycles. The largest absolute Gasteiger partial charge is 0.300 e. The molecule has 0 bridgehead atoms. The average molecular weight is 228 g/mol. The van der Waals surface area contributed by atoms with Gasteiger partial charge in [0.15, 0.2) is 0 Å². The Bertz CT molecular complexity index is 51.6. The van der Waals surface area contributed by atoms with Crippen LogP contribution in [0, 0.1) is 0 Å². The molecule has 0 aliphatic rings. The predicted molar refractivity (Wildman–Crippen MR) is 49.5 cm³/mol. The van der Waals surface area contributed by atoms with Crippen LogP contribution in [0.1, 0.15) is 13.8 Å².